The molecule has 0 radical (unpaired) electrons. The minimum Gasteiger partial charge on any atom is -0.398 e. The van der Waals surface area contributed by atoms with Gasteiger partial charge >= 0.3 is 0 Å². The Labute approximate surface area is 118 Å². The van der Waals surface area contributed by atoms with Gasteiger partial charge in [0.05, 0.1) is 16.4 Å². The van der Waals surface area contributed by atoms with Gasteiger partial charge in [0.25, 0.3) is 0 Å². The Bertz CT molecular complexity index is 602. The molecule has 2 rings (SSSR count). The molecule has 0 bridgehead atoms. The van der Waals surface area contributed by atoms with Crippen LogP contribution in [0, 0.1) is 12.7 Å². The second-order valence-electron chi connectivity index (χ2n) is 3.94. The first-order valence-electron chi connectivity index (χ1n) is 5.25. The molecule has 0 aliphatic carbocycles. The number of nitrogen functional groups attached to an aromatic ring is 1. The Morgan fingerprint density at radius 1 is 1.22 bits per heavy atom. The van der Waals surface area contributed by atoms with Crippen LogP contribution in [-0.4, -0.2) is 0 Å². The fourth-order valence-corrected chi connectivity index (χ4v) is 2.20. The molecule has 0 aromatic heterocycles. The highest BCUT2D eigenvalue weighted by molar-refractivity contribution is 9.10. The summed E-state index contributed by atoms with van der Waals surface area (Å²) in [5.41, 5.74) is 8.93. The van der Waals surface area contributed by atoms with Gasteiger partial charge in [0.2, 0.25) is 0 Å². The fourth-order valence-electron chi connectivity index (χ4n) is 1.53. The normalized spacial score (nSPS) is 10.4. The molecule has 0 aliphatic heterocycles. The average Bonchev–Trinajstić information content (AvgIpc) is 2.29. The average molecular weight is 330 g/mol. The number of hydrogen-bond acceptors (Lipinski definition) is 2. The van der Waals surface area contributed by atoms with E-state index in [4.69, 9.17) is 17.3 Å². The van der Waals surface area contributed by atoms with Gasteiger partial charge in [-0.1, -0.05) is 11.6 Å². The smallest absolute Gasteiger partial charge is 0.124 e. The summed E-state index contributed by atoms with van der Waals surface area (Å²) < 4.78 is 13.8. The molecule has 0 heterocycles. The molecule has 0 spiro atoms. The predicted molar refractivity (Wildman–Crippen MR) is 78.0 cm³/mol. The zero-order valence-electron chi connectivity index (χ0n) is 9.60. The summed E-state index contributed by atoms with van der Waals surface area (Å²) in [7, 11) is 0. The van der Waals surface area contributed by atoms with Crippen molar-refractivity contribution in [3.63, 3.8) is 0 Å². The molecule has 2 aromatic rings. The van der Waals surface area contributed by atoms with Crippen molar-refractivity contribution < 1.29 is 4.39 Å². The van der Waals surface area contributed by atoms with Crippen LogP contribution in [0.2, 0.25) is 5.02 Å². The van der Waals surface area contributed by atoms with Crippen molar-refractivity contribution in [2.75, 3.05) is 11.1 Å². The van der Waals surface area contributed by atoms with E-state index in [1.54, 1.807) is 6.07 Å². The SMILES string of the molecule is Cc1cc(Nc2ccc(F)cc2Cl)c(Br)cc1N. The molecule has 0 atom stereocenters. The third-order valence-electron chi connectivity index (χ3n) is 2.56. The Balaban J connectivity index is 2.37. The molecule has 3 N–H and O–H groups in total. The van der Waals surface area contributed by atoms with Crippen LogP contribution >= 0.6 is 27.5 Å². The third kappa shape index (κ3) is 2.76. The Morgan fingerprint density at radius 2 is 1.94 bits per heavy atom. The molecule has 18 heavy (non-hydrogen) atoms. The highest BCUT2D eigenvalue weighted by Crippen LogP contribution is 2.32. The molecule has 0 saturated carbocycles. The van der Waals surface area contributed by atoms with Crippen LogP contribution < -0.4 is 11.1 Å². The quantitative estimate of drug-likeness (QED) is 0.771. The molecule has 0 saturated heterocycles. The van der Waals surface area contributed by atoms with Crippen molar-refractivity contribution in [3.8, 4) is 0 Å². The van der Waals surface area contributed by atoms with Gasteiger partial charge < -0.3 is 11.1 Å². The lowest BCUT2D eigenvalue weighted by atomic mass is 10.2. The van der Waals surface area contributed by atoms with Gasteiger partial charge in [-0.05, 0) is 58.7 Å². The molecule has 0 unspecified atom stereocenters. The topological polar surface area (TPSA) is 38.0 Å². The van der Waals surface area contributed by atoms with Crippen molar-refractivity contribution in [1.82, 2.24) is 0 Å². The maximum absolute atomic E-state index is 12.9. The summed E-state index contributed by atoms with van der Waals surface area (Å²) in [5.74, 6) is -0.363. The number of nitrogens with two attached hydrogens (primary N) is 1. The molecule has 2 aromatic carbocycles. The first kappa shape index (κ1) is 13.2. The zero-order chi connectivity index (χ0) is 13.3. The van der Waals surface area contributed by atoms with Crippen molar-refractivity contribution >= 4 is 44.6 Å². The number of rotatable bonds is 2. The summed E-state index contributed by atoms with van der Waals surface area (Å²) >= 11 is 9.38. The van der Waals surface area contributed by atoms with Crippen LogP contribution in [0.4, 0.5) is 21.5 Å². The summed E-state index contributed by atoms with van der Waals surface area (Å²) in [6.07, 6.45) is 0. The van der Waals surface area contributed by atoms with Crippen LogP contribution in [0.5, 0.6) is 0 Å². The van der Waals surface area contributed by atoms with Crippen molar-refractivity contribution in [3.05, 3.63) is 51.2 Å². The molecule has 2 nitrogen and oxygen atoms in total. The summed E-state index contributed by atoms with van der Waals surface area (Å²) in [4.78, 5) is 0. The number of nitrogens with one attached hydrogen (secondary N) is 1. The van der Waals surface area contributed by atoms with Gasteiger partial charge in [-0.3, -0.25) is 0 Å². The fraction of sp³-hybridized carbons (Fsp3) is 0.0769. The first-order chi connectivity index (χ1) is 8.47. The van der Waals surface area contributed by atoms with Crippen LogP contribution in [0.1, 0.15) is 5.56 Å². The number of anilines is 3. The van der Waals surface area contributed by atoms with E-state index < -0.39 is 0 Å². The Kier molecular flexibility index (Phi) is 3.78. The molecule has 94 valence electrons. The van der Waals surface area contributed by atoms with E-state index in [-0.39, 0.29) is 5.82 Å². The van der Waals surface area contributed by atoms with Gasteiger partial charge in [0.15, 0.2) is 0 Å². The van der Waals surface area contributed by atoms with Crippen LogP contribution in [0.25, 0.3) is 0 Å². The van der Waals surface area contributed by atoms with E-state index >= 15 is 0 Å². The minimum absolute atomic E-state index is 0.330. The highest BCUT2D eigenvalue weighted by atomic mass is 79.9. The van der Waals surface area contributed by atoms with Crippen LogP contribution in [0.3, 0.4) is 0 Å². The van der Waals surface area contributed by atoms with Crippen molar-refractivity contribution in [2.24, 2.45) is 0 Å². The summed E-state index contributed by atoms with van der Waals surface area (Å²) in [5, 5.41) is 3.46. The standard InChI is InChI=1S/C13H11BrClFN2/c1-7-4-13(9(14)6-11(7)17)18-12-3-2-8(16)5-10(12)15/h2-6,18H,17H2,1H3. The second-order valence-corrected chi connectivity index (χ2v) is 5.20. The molecular formula is C13H11BrClFN2. The minimum atomic E-state index is -0.363. The lowest BCUT2D eigenvalue weighted by molar-refractivity contribution is 0.628. The van der Waals surface area contributed by atoms with Gasteiger partial charge in [0, 0.05) is 10.2 Å². The van der Waals surface area contributed by atoms with Crippen molar-refractivity contribution in [1.29, 1.82) is 0 Å². The van der Waals surface area contributed by atoms with Gasteiger partial charge in [-0.15, -0.1) is 0 Å². The molecular weight excluding hydrogens is 319 g/mol. The van der Waals surface area contributed by atoms with E-state index in [1.165, 1.54) is 12.1 Å². The summed E-state index contributed by atoms with van der Waals surface area (Å²) in [6.45, 7) is 1.92. The predicted octanol–water partition coefficient (Wildman–Crippen LogP) is 4.88. The molecule has 0 aliphatic rings. The Morgan fingerprint density at radius 3 is 2.61 bits per heavy atom. The highest BCUT2D eigenvalue weighted by Gasteiger charge is 2.07. The molecule has 5 heteroatoms. The van der Waals surface area contributed by atoms with E-state index in [0.717, 1.165) is 15.7 Å². The maximum atomic E-state index is 12.9. The van der Waals surface area contributed by atoms with Gasteiger partial charge in [-0.25, -0.2) is 4.39 Å². The Hall–Kier alpha value is -1.26. The van der Waals surface area contributed by atoms with Crippen LogP contribution in [-0.2, 0) is 0 Å². The second kappa shape index (κ2) is 5.16. The number of hydrogen-bond donors (Lipinski definition) is 2. The molecule has 0 fully saturated rings. The van der Waals surface area contributed by atoms with E-state index in [9.17, 15) is 4.39 Å². The van der Waals surface area contributed by atoms with Gasteiger partial charge in [-0.2, -0.15) is 0 Å². The van der Waals surface area contributed by atoms with E-state index in [2.05, 4.69) is 21.2 Å². The number of halogens is 3. The number of benzene rings is 2. The van der Waals surface area contributed by atoms with Gasteiger partial charge in [0.1, 0.15) is 5.82 Å². The molecule has 0 amide bonds. The largest absolute Gasteiger partial charge is 0.398 e. The van der Waals surface area contributed by atoms with Crippen molar-refractivity contribution in [2.45, 2.75) is 6.92 Å². The van der Waals surface area contributed by atoms with E-state index in [0.29, 0.717) is 16.4 Å². The monoisotopic (exact) mass is 328 g/mol. The lowest BCUT2D eigenvalue weighted by Gasteiger charge is -2.12. The summed E-state index contributed by atoms with van der Waals surface area (Å²) in [6, 6.07) is 7.93. The lowest BCUT2D eigenvalue weighted by Crippen LogP contribution is -1.96. The zero-order valence-corrected chi connectivity index (χ0v) is 11.9. The third-order valence-corrected chi connectivity index (χ3v) is 3.52. The van der Waals surface area contributed by atoms with Crippen LogP contribution in [0.15, 0.2) is 34.8 Å². The van der Waals surface area contributed by atoms with E-state index in [1.807, 2.05) is 19.1 Å². The number of aryl methyl sites for hydroxylation is 1. The maximum Gasteiger partial charge on any atom is 0.124 e. The first-order valence-corrected chi connectivity index (χ1v) is 6.42.